The first kappa shape index (κ1) is 13.2. The van der Waals surface area contributed by atoms with E-state index in [9.17, 15) is 0 Å². The summed E-state index contributed by atoms with van der Waals surface area (Å²) in [7, 11) is 0. The quantitative estimate of drug-likeness (QED) is 0.843. The number of nitrogens with one attached hydrogen (secondary N) is 1. The average molecular weight is 295 g/mol. The van der Waals surface area contributed by atoms with Crippen LogP contribution in [0.1, 0.15) is 32.6 Å². The lowest BCUT2D eigenvalue weighted by atomic mass is 9.83. The molecule has 0 saturated heterocycles. The number of fused-ring (bicyclic) bond motifs is 1. The molecule has 1 fully saturated rings. The van der Waals surface area contributed by atoms with Gasteiger partial charge in [-0.05, 0) is 36.8 Å². The molecule has 1 aliphatic carbocycles. The molecular weight excluding hydrogens is 276 g/mol. The molecule has 1 aromatic heterocycles. The molecular formula is C15H19ClN2S. The summed E-state index contributed by atoms with van der Waals surface area (Å²) in [6.07, 6.45) is 5.44. The zero-order valence-corrected chi connectivity index (χ0v) is 12.7. The van der Waals surface area contributed by atoms with E-state index in [0.29, 0.717) is 0 Å². The van der Waals surface area contributed by atoms with E-state index < -0.39 is 0 Å². The second-order valence-electron chi connectivity index (χ2n) is 5.61. The number of benzene rings is 1. The Bertz CT molecular complexity index is 558. The largest absolute Gasteiger partial charge is 0.361 e. The van der Waals surface area contributed by atoms with E-state index in [-0.39, 0.29) is 0 Å². The fourth-order valence-corrected chi connectivity index (χ4v) is 3.92. The molecule has 0 radical (unpaired) electrons. The van der Waals surface area contributed by atoms with Crippen LogP contribution in [0.3, 0.4) is 0 Å². The van der Waals surface area contributed by atoms with Crippen molar-refractivity contribution in [2.45, 2.75) is 32.6 Å². The van der Waals surface area contributed by atoms with Gasteiger partial charge in [-0.3, -0.25) is 0 Å². The fraction of sp³-hybridized carbons (Fsp3) is 0.533. The second kappa shape index (κ2) is 5.68. The van der Waals surface area contributed by atoms with Crippen LogP contribution in [0, 0.1) is 11.8 Å². The summed E-state index contributed by atoms with van der Waals surface area (Å²) in [5, 5.41) is 5.30. The first-order valence-corrected chi connectivity index (χ1v) is 8.21. The van der Waals surface area contributed by atoms with Gasteiger partial charge in [0.2, 0.25) is 0 Å². The number of halogens is 1. The molecule has 0 spiro atoms. The van der Waals surface area contributed by atoms with Crippen molar-refractivity contribution in [3.63, 3.8) is 0 Å². The minimum absolute atomic E-state index is 0.801. The van der Waals surface area contributed by atoms with E-state index in [1.54, 1.807) is 11.3 Å². The molecule has 4 heteroatoms. The minimum atomic E-state index is 0.801. The van der Waals surface area contributed by atoms with Crippen LogP contribution in [0.4, 0.5) is 5.13 Å². The number of hydrogen-bond donors (Lipinski definition) is 1. The zero-order valence-electron chi connectivity index (χ0n) is 11.2. The van der Waals surface area contributed by atoms with E-state index in [1.165, 1.54) is 25.7 Å². The highest BCUT2D eigenvalue weighted by molar-refractivity contribution is 7.22. The zero-order chi connectivity index (χ0) is 13.2. The van der Waals surface area contributed by atoms with Gasteiger partial charge in [-0.1, -0.05) is 48.8 Å². The van der Waals surface area contributed by atoms with Crippen molar-refractivity contribution in [3.8, 4) is 0 Å². The summed E-state index contributed by atoms with van der Waals surface area (Å²) in [5.41, 5.74) is 0.997. The number of anilines is 1. The second-order valence-corrected chi connectivity index (χ2v) is 7.02. The molecule has 19 heavy (non-hydrogen) atoms. The summed E-state index contributed by atoms with van der Waals surface area (Å²) in [4.78, 5) is 4.60. The molecule has 0 bridgehead atoms. The van der Waals surface area contributed by atoms with Crippen molar-refractivity contribution in [1.29, 1.82) is 0 Å². The van der Waals surface area contributed by atoms with Gasteiger partial charge in [0.1, 0.15) is 0 Å². The summed E-state index contributed by atoms with van der Waals surface area (Å²) >= 11 is 7.84. The topological polar surface area (TPSA) is 24.9 Å². The van der Waals surface area contributed by atoms with Gasteiger partial charge in [-0.15, -0.1) is 0 Å². The van der Waals surface area contributed by atoms with Crippen LogP contribution in [0.25, 0.3) is 10.2 Å². The number of hydrogen-bond acceptors (Lipinski definition) is 3. The molecule has 3 rings (SSSR count). The first-order valence-electron chi connectivity index (χ1n) is 7.01. The number of nitrogens with zero attached hydrogens (tertiary/aromatic N) is 1. The Kier molecular flexibility index (Phi) is 3.94. The van der Waals surface area contributed by atoms with Crippen molar-refractivity contribution < 1.29 is 0 Å². The SMILES string of the molecule is CC1CCC(CNc2nc3cccc(Cl)c3s2)CC1. The lowest BCUT2D eigenvalue weighted by Gasteiger charge is -2.26. The summed E-state index contributed by atoms with van der Waals surface area (Å²) in [6, 6.07) is 5.90. The molecule has 1 N–H and O–H groups in total. The maximum Gasteiger partial charge on any atom is 0.183 e. The van der Waals surface area contributed by atoms with Gasteiger partial charge in [0.15, 0.2) is 5.13 Å². The van der Waals surface area contributed by atoms with Gasteiger partial charge < -0.3 is 5.32 Å². The number of thiazole rings is 1. The predicted octanol–water partition coefficient (Wildman–Crippen LogP) is 5.19. The van der Waals surface area contributed by atoms with Gasteiger partial charge in [-0.25, -0.2) is 4.98 Å². The normalized spacial score (nSPS) is 23.7. The number of rotatable bonds is 3. The highest BCUT2D eigenvalue weighted by Crippen LogP contribution is 2.33. The molecule has 0 amide bonds. The van der Waals surface area contributed by atoms with Gasteiger partial charge in [0, 0.05) is 6.54 Å². The van der Waals surface area contributed by atoms with Crippen LogP contribution >= 0.6 is 22.9 Å². The van der Waals surface area contributed by atoms with Crippen molar-refractivity contribution in [3.05, 3.63) is 23.2 Å². The number of aromatic nitrogens is 1. The Labute approximate surface area is 123 Å². The molecule has 0 aliphatic heterocycles. The van der Waals surface area contributed by atoms with Crippen molar-refractivity contribution >= 4 is 38.3 Å². The van der Waals surface area contributed by atoms with Crippen molar-refractivity contribution in [1.82, 2.24) is 4.98 Å². The Morgan fingerprint density at radius 1 is 1.32 bits per heavy atom. The summed E-state index contributed by atoms with van der Waals surface area (Å²) in [5.74, 6) is 1.72. The van der Waals surface area contributed by atoms with Crippen LogP contribution < -0.4 is 5.32 Å². The monoisotopic (exact) mass is 294 g/mol. The molecule has 2 aromatic rings. The summed E-state index contributed by atoms with van der Waals surface area (Å²) < 4.78 is 1.09. The van der Waals surface area contributed by atoms with Crippen molar-refractivity contribution in [2.75, 3.05) is 11.9 Å². The third kappa shape index (κ3) is 3.03. The predicted molar refractivity (Wildman–Crippen MR) is 84.2 cm³/mol. The first-order chi connectivity index (χ1) is 9.22. The lowest BCUT2D eigenvalue weighted by molar-refractivity contribution is 0.300. The average Bonchev–Trinajstić information content (AvgIpc) is 2.83. The Balaban J connectivity index is 1.64. The fourth-order valence-electron chi connectivity index (χ4n) is 2.76. The maximum atomic E-state index is 6.18. The molecule has 1 aliphatic rings. The van der Waals surface area contributed by atoms with E-state index in [4.69, 9.17) is 11.6 Å². The highest BCUT2D eigenvalue weighted by Gasteiger charge is 2.18. The lowest BCUT2D eigenvalue weighted by Crippen LogP contribution is -2.20. The smallest absolute Gasteiger partial charge is 0.183 e. The minimum Gasteiger partial charge on any atom is -0.361 e. The molecule has 102 valence electrons. The van der Waals surface area contributed by atoms with Crippen LogP contribution in [0.5, 0.6) is 0 Å². The van der Waals surface area contributed by atoms with Gasteiger partial charge in [-0.2, -0.15) is 0 Å². The maximum absolute atomic E-state index is 6.18. The van der Waals surface area contributed by atoms with E-state index in [0.717, 1.165) is 38.8 Å². The third-order valence-corrected chi connectivity index (χ3v) is 5.53. The van der Waals surface area contributed by atoms with Crippen LogP contribution in [0.15, 0.2) is 18.2 Å². The molecule has 0 atom stereocenters. The van der Waals surface area contributed by atoms with E-state index >= 15 is 0 Å². The van der Waals surface area contributed by atoms with Crippen molar-refractivity contribution in [2.24, 2.45) is 11.8 Å². The Morgan fingerprint density at radius 3 is 2.84 bits per heavy atom. The van der Waals surface area contributed by atoms with Crippen LogP contribution in [-0.2, 0) is 0 Å². The molecule has 1 saturated carbocycles. The standard InChI is InChI=1S/C15H19ClN2S/c1-10-5-7-11(8-6-10)9-17-15-18-13-4-2-3-12(16)14(13)19-15/h2-4,10-11H,5-9H2,1H3,(H,17,18). The third-order valence-electron chi connectivity index (χ3n) is 4.04. The molecule has 2 nitrogen and oxygen atoms in total. The Hall–Kier alpha value is -0.800. The summed E-state index contributed by atoms with van der Waals surface area (Å²) in [6.45, 7) is 3.41. The van der Waals surface area contributed by atoms with E-state index in [2.05, 4.69) is 17.2 Å². The van der Waals surface area contributed by atoms with Crippen LogP contribution in [-0.4, -0.2) is 11.5 Å². The molecule has 1 heterocycles. The van der Waals surface area contributed by atoms with Gasteiger partial charge in [0.25, 0.3) is 0 Å². The van der Waals surface area contributed by atoms with Crippen LogP contribution in [0.2, 0.25) is 5.02 Å². The molecule has 1 aromatic carbocycles. The van der Waals surface area contributed by atoms with Gasteiger partial charge >= 0.3 is 0 Å². The highest BCUT2D eigenvalue weighted by atomic mass is 35.5. The van der Waals surface area contributed by atoms with E-state index in [1.807, 2.05) is 18.2 Å². The Morgan fingerprint density at radius 2 is 2.11 bits per heavy atom. The van der Waals surface area contributed by atoms with Gasteiger partial charge in [0.05, 0.1) is 15.2 Å². The molecule has 0 unspecified atom stereocenters.